The van der Waals surface area contributed by atoms with Crippen molar-refractivity contribution in [2.45, 2.75) is 23.8 Å². The molecule has 0 aliphatic heterocycles. The van der Waals surface area contributed by atoms with Crippen molar-refractivity contribution in [2.24, 2.45) is 16.8 Å². The Bertz CT molecular complexity index is 449. The fraction of sp³-hybridized carbons (Fsp3) is 0.400. The Kier molecular flexibility index (Phi) is 2.54. The van der Waals surface area contributed by atoms with Crippen molar-refractivity contribution in [3.8, 4) is 0 Å². The smallest absolute Gasteiger partial charge is 0.238 e. The number of hydrogen-bond acceptors (Lipinski definition) is 3. The predicted molar refractivity (Wildman–Crippen MR) is 57.5 cm³/mol. The van der Waals surface area contributed by atoms with Crippen LogP contribution in [0, 0.1) is 5.92 Å². The summed E-state index contributed by atoms with van der Waals surface area (Å²) in [6.45, 7) is 0. The lowest BCUT2D eigenvalue weighted by Gasteiger charge is -2.10. The van der Waals surface area contributed by atoms with Gasteiger partial charge in [-0.05, 0) is 36.5 Å². The van der Waals surface area contributed by atoms with Crippen LogP contribution in [0.25, 0.3) is 0 Å². The monoisotopic (exact) mass is 226 g/mol. The maximum absolute atomic E-state index is 11.0. The van der Waals surface area contributed by atoms with E-state index in [4.69, 9.17) is 10.9 Å². The summed E-state index contributed by atoms with van der Waals surface area (Å²) >= 11 is 0. The highest BCUT2D eigenvalue weighted by Crippen LogP contribution is 2.39. The molecule has 1 fully saturated rings. The zero-order chi connectivity index (χ0) is 11.1. The largest absolute Gasteiger partial charge is 0.324 e. The Balaban J connectivity index is 2.23. The van der Waals surface area contributed by atoms with Gasteiger partial charge in [0.1, 0.15) is 0 Å². The molecule has 1 aliphatic carbocycles. The summed E-state index contributed by atoms with van der Waals surface area (Å²) in [6.07, 6.45) is 2.33. The Labute approximate surface area is 89.3 Å². The molecule has 1 unspecified atom stereocenters. The van der Waals surface area contributed by atoms with Crippen LogP contribution in [0.15, 0.2) is 29.2 Å². The maximum atomic E-state index is 11.0. The minimum atomic E-state index is -3.59. The van der Waals surface area contributed by atoms with Gasteiger partial charge in [-0.3, -0.25) is 0 Å². The second-order valence-corrected chi connectivity index (χ2v) is 5.54. The van der Waals surface area contributed by atoms with E-state index in [0.717, 1.165) is 18.4 Å². The lowest BCUT2D eigenvalue weighted by Crippen LogP contribution is -2.14. The van der Waals surface area contributed by atoms with Gasteiger partial charge < -0.3 is 5.73 Å². The molecule has 5 heteroatoms. The summed E-state index contributed by atoms with van der Waals surface area (Å²) < 4.78 is 22.0. The molecule has 1 saturated carbocycles. The van der Waals surface area contributed by atoms with E-state index in [9.17, 15) is 8.42 Å². The van der Waals surface area contributed by atoms with E-state index in [1.165, 1.54) is 12.1 Å². The second kappa shape index (κ2) is 3.59. The van der Waals surface area contributed by atoms with Crippen molar-refractivity contribution in [3.05, 3.63) is 29.8 Å². The van der Waals surface area contributed by atoms with E-state index in [1.807, 2.05) is 0 Å². The van der Waals surface area contributed by atoms with Gasteiger partial charge in [-0.2, -0.15) is 0 Å². The number of benzene rings is 1. The summed E-state index contributed by atoms with van der Waals surface area (Å²) in [5.74, 6) is 0.560. The van der Waals surface area contributed by atoms with Crippen LogP contribution in [0.1, 0.15) is 24.4 Å². The molecule has 0 aromatic heterocycles. The zero-order valence-corrected chi connectivity index (χ0v) is 9.07. The van der Waals surface area contributed by atoms with Gasteiger partial charge in [0.15, 0.2) is 0 Å². The van der Waals surface area contributed by atoms with Crippen LogP contribution in [0.3, 0.4) is 0 Å². The number of hydrogen-bond donors (Lipinski definition) is 2. The average molecular weight is 226 g/mol. The normalized spacial score (nSPS) is 18.8. The minimum Gasteiger partial charge on any atom is -0.324 e. The molecule has 0 heterocycles. The van der Waals surface area contributed by atoms with E-state index in [2.05, 4.69) is 0 Å². The first kappa shape index (κ1) is 10.6. The van der Waals surface area contributed by atoms with Crippen LogP contribution in [-0.2, 0) is 10.0 Å². The maximum Gasteiger partial charge on any atom is 0.238 e. The van der Waals surface area contributed by atoms with Crippen molar-refractivity contribution in [3.63, 3.8) is 0 Å². The van der Waals surface area contributed by atoms with E-state index in [-0.39, 0.29) is 10.9 Å². The predicted octanol–water partition coefficient (Wildman–Crippen LogP) is 0.744. The molecule has 0 saturated heterocycles. The average Bonchev–Trinajstić information content (AvgIpc) is 2.99. The lowest BCUT2D eigenvalue weighted by molar-refractivity contribution is 0.597. The molecule has 0 radical (unpaired) electrons. The van der Waals surface area contributed by atoms with E-state index in [0.29, 0.717) is 5.92 Å². The molecule has 15 heavy (non-hydrogen) atoms. The Morgan fingerprint density at radius 1 is 1.20 bits per heavy atom. The van der Waals surface area contributed by atoms with Gasteiger partial charge in [-0.1, -0.05) is 12.1 Å². The molecule has 1 atom stereocenters. The van der Waals surface area contributed by atoms with Crippen molar-refractivity contribution in [2.75, 3.05) is 0 Å². The molecule has 2 rings (SSSR count). The third-order valence-corrected chi connectivity index (χ3v) is 3.65. The van der Waals surface area contributed by atoms with Crippen LogP contribution < -0.4 is 10.9 Å². The molecule has 4 nitrogen and oxygen atoms in total. The van der Waals surface area contributed by atoms with E-state index >= 15 is 0 Å². The third kappa shape index (κ3) is 2.37. The van der Waals surface area contributed by atoms with Crippen molar-refractivity contribution in [1.29, 1.82) is 0 Å². The minimum absolute atomic E-state index is 0.0273. The number of primary sulfonamides is 1. The first-order chi connectivity index (χ1) is 6.98. The lowest BCUT2D eigenvalue weighted by atomic mass is 10.0. The first-order valence-corrected chi connectivity index (χ1v) is 6.41. The summed E-state index contributed by atoms with van der Waals surface area (Å²) in [5, 5.41) is 5.00. The molecule has 4 N–H and O–H groups in total. The number of nitrogens with two attached hydrogens (primary N) is 2. The van der Waals surface area contributed by atoms with Crippen LogP contribution in [0.2, 0.25) is 0 Å². The molecule has 1 aromatic rings. The summed E-state index contributed by atoms with van der Waals surface area (Å²) in [6, 6.07) is 6.52. The molecule has 0 amide bonds. The van der Waals surface area contributed by atoms with Crippen molar-refractivity contribution < 1.29 is 8.42 Å². The highest BCUT2D eigenvalue weighted by Gasteiger charge is 2.29. The highest BCUT2D eigenvalue weighted by molar-refractivity contribution is 7.89. The molecule has 1 aliphatic rings. The third-order valence-electron chi connectivity index (χ3n) is 2.72. The van der Waals surface area contributed by atoms with E-state index < -0.39 is 10.0 Å². The van der Waals surface area contributed by atoms with Crippen molar-refractivity contribution in [1.82, 2.24) is 0 Å². The Hall–Kier alpha value is -0.910. The van der Waals surface area contributed by atoms with Crippen molar-refractivity contribution >= 4 is 10.0 Å². The summed E-state index contributed by atoms with van der Waals surface area (Å²) in [4.78, 5) is 0.134. The number of sulfonamides is 1. The topological polar surface area (TPSA) is 86.2 Å². The van der Waals surface area contributed by atoms with Crippen LogP contribution >= 0.6 is 0 Å². The van der Waals surface area contributed by atoms with Gasteiger partial charge in [0.2, 0.25) is 10.0 Å². The molecule has 0 spiro atoms. The Morgan fingerprint density at radius 3 is 2.13 bits per heavy atom. The quantitative estimate of drug-likeness (QED) is 0.797. The van der Waals surface area contributed by atoms with E-state index in [1.54, 1.807) is 12.1 Å². The molecule has 1 aromatic carbocycles. The fourth-order valence-electron chi connectivity index (χ4n) is 1.61. The standard InChI is InChI=1S/C10H14N2O2S/c11-10(7-1-2-7)8-3-5-9(6-4-8)15(12,13)14/h3-7,10H,1-2,11H2,(H2,12,13,14). The number of rotatable bonds is 3. The first-order valence-electron chi connectivity index (χ1n) is 4.87. The molecule has 0 bridgehead atoms. The summed E-state index contributed by atoms with van der Waals surface area (Å²) in [7, 11) is -3.59. The highest BCUT2D eigenvalue weighted by atomic mass is 32.2. The zero-order valence-electron chi connectivity index (χ0n) is 8.26. The second-order valence-electron chi connectivity index (χ2n) is 3.98. The van der Waals surface area contributed by atoms with Gasteiger partial charge in [0.05, 0.1) is 4.90 Å². The fourth-order valence-corrected chi connectivity index (χ4v) is 2.12. The van der Waals surface area contributed by atoms with Gasteiger partial charge in [-0.15, -0.1) is 0 Å². The molecular weight excluding hydrogens is 212 g/mol. The van der Waals surface area contributed by atoms with Gasteiger partial charge in [0, 0.05) is 6.04 Å². The van der Waals surface area contributed by atoms with Crippen LogP contribution in [0.5, 0.6) is 0 Å². The van der Waals surface area contributed by atoms with Gasteiger partial charge in [0.25, 0.3) is 0 Å². The van der Waals surface area contributed by atoms with Crippen LogP contribution in [-0.4, -0.2) is 8.42 Å². The SMILES string of the molecule is NC(c1ccc(S(N)(=O)=O)cc1)C1CC1. The van der Waals surface area contributed by atoms with Gasteiger partial charge >= 0.3 is 0 Å². The Morgan fingerprint density at radius 2 is 1.73 bits per heavy atom. The van der Waals surface area contributed by atoms with Gasteiger partial charge in [-0.25, -0.2) is 13.6 Å². The van der Waals surface area contributed by atoms with Crippen LogP contribution in [0.4, 0.5) is 0 Å². The molecule has 82 valence electrons. The molecular formula is C10H14N2O2S. The summed E-state index contributed by atoms with van der Waals surface area (Å²) in [5.41, 5.74) is 6.96.